The second-order valence-electron chi connectivity index (χ2n) is 6.95. The number of carboxylic acids is 1. The zero-order chi connectivity index (χ0) is 14.6. The Morgan fingerprint density at radius 1 is 1.30 bits per heavy atom. The molecule has 4 heteroatoms. The molecule has 0 radical (unpaired) electrons. The summed E-state index contributed by atoms with van der Waals surface area (Å²) in [5.41, 5.74) is -0.532. The molecule has 1 heterocycles. The molecule has 1 saturated carbocycles. The van der Waals surface area contributed by atoms with Crippen molar-refractivity contribution in [1.29, 1.82) is 0 Å². The topological polar surface area (TPSA) is 49.8 Å². The molecule has 1 saturated heterocycles. The van der Waals surface area contributed by atoms with E-state index in [0.717, 1.165) is 51.7 Å². The standard InChI is InChI=1S/C16H29NO3/c1-13-6-8-16(9-7-13,15(18)19)12-17(2)11-14-5-3-4-10-20-14/h13-14H,3-12H2,1-2H3,(H,18,19). The van der Waals surface area contributed by atoms with Crippen molar-refractivity contribution in [2.75, 3.05) is 26.7 Å². The van der Waals surface area contributed by atoms with Crippen molar-refractivity contribution in [3.05, 3.63) is 0 Å². The molecule has 1 aliphatic heterocycles. The molecule has 4 nitrogen and oxygen atoms in total. The van der Waals surface area contributed by atoms with Gasteiger partial charge in [0.15, 0.2) is 0 Å². The predicted octanol–water partition coefficient (Wildman–Crippen LogP) is 2.77. The van der Waals surface area contributed by atoms with Gasteiger partial charge in [-0.15, -0.1) is 0 Å². The van der Waals surface area contributed by atoms with E-state index >= 15 is 0 Å². The number of hydrogen-bond donors (Lipinski definition) is 1. The Labute approximate surface area is 122 Å². The summed E-state index contributed by atoms with van der Waals surface area (Å²) in [6.45, 7) is 4.62. The number of carboxylic acid groups (broad SMARTS) is 1. The summed E-state index contributed by atoms with van der Waals surface area (Å²) in [6, 6.07) is 0. The number of aliphatic carboxylic acids is 1. The maximum absolute atomic E-state index is 11.8. The molecule has 0 aromatic carbocycles. The van der Waals surface area contributed by atoms with E-state index in [0.29, 0.717) is 18.6 Å². The summed E-state index contributed by atoms with van der Waals surface area (Å²) in [6.07, 6.45) is 7.53. The van der Waals surface area contributed by atoms with Crippen LogP contribution in [-0.4, -0.2) is 48.8 Å². The van der Waals surface area contributed by atoms with Crippen molar-refractivity contribution in [3.8, 4) is 0 Å². The van der Waals surface area contributed by atoms with Crippen molar-refractivity contribution in [3.63, 3.8) is 0 Å². The molecule has 116 valence electrons. The fourth-order valence-electron chi connectivity index (χ4n) is 3.63. The van der Waals surface area contributed by atoms with E-state index in [1.54, 1.807) is 0 Å². The predicted molar refractivity (Wildman–Crippen MR) is 78.8 cm³/mol. The van der Waals surface area contributed by atoms with Crippen molar-refractivity contribution >= 4 is 5.97 Å². The van der Waals surface area contributed by atoms with E-state index in [4.69, 9.17) is 4.74 Å². The second kappa shape index (κ2) is 6.90. The molecule has 0 bridgehead atoms. The zero-order valence-corrected chi connectivity index (χ0v) is 12.9. The molecule has 2 rings (SSSR count). The van der Waals surface area contributed by atoms with E-state index in [-0.39, 0.29) is 0 Å². The fourth-order valence-corrected chi connectivity index (χ4v) is 3.63. The van der Waals surface area contributed by atoms with Gasteiger partial charge >= 0.3 is 5.97 Å². The Balaban J connectivity index is 1.88. The molecule has 1 aliphatic carbocycles. The fraction of sp³-hybridized carbons (Fsp3) is 0.938. The van der Waals surface area contributed by atoms with Gasteiger partial charge in [-0.05, 0) is 57.9 Å². The van der Waals surface area contributed by atoms with Gasteiger partial charge in [-0.2, -0.15) is 0 Å². The Hall–Kier alpha value is -0.610. The molecule has 0 amide bonds. The average molecular weight is 283 g/mol. The Bertz CT molecular complexity index is 318. The molecule has 0 aromatic rings. The summed E-state index contributed by atoms with van der Waals surface area (Å²) in [7, 11) is 2.04. The lowest BCUT2D eigenvalue weighted by atomic mass is 9.70. The molecule has 20 heavy (non-hydrogen) atoms. The lowest BCUT2D eigenvalue weighted by Gasteiger charge is -2.39. The number of nitrogens with zero attached hydrogens (tertiary/aromatic N) is 1. The van der Waals surface area contributed by atoms with E-state index in [1.165, 1.54) is 6.42 Å². The second-order valence-corrected chi connectivity index (χ2v) is 6.95. The summed E-state index contributed by atoms with van der Waals surface area (Å²) in [5, 5.41) is 9.67. The van der Waals surface area contributed by atoms with E-state index < -0.39 is 11.4 Å². The first kappa shape index (κ1) is 15.8. The molecule has 1 unspecified atom stereocenters. The van der Waals surface area contributed by atoms with Crippen molar-refractivity contribution in [2.24, 2.45) is 11.3 Å². The third-order valence-electron chi connectivity index (χ3n) is 5.05. The summed E-state index contributed by atoms with van der Waals surface area (Å²) >= 11 is 0. The first-order valence-electron chi connectivity index (χ1n) is 8.05. The quantitative estimate of drug-likeness (QED) is 0.843. The van der Waals surface area contributed by atoms with Gasteiger partial charge in [0.1, 0.15) is 0 Å². The summed E-state index contributed by atoms with van der Waals surface area (Å²) in [4.78, 5) is 13.9. The van der Waals surface area contributed by atoms with Crippen LogP contribution in [-0.2, 0) is 9.53 Å². The first-order chi connectivity index (χ1) is 9.52. The normalized spacial score (nSPS) is 35.1. The SMILES string of the molecule is CC1CCC(CN(C)CC2CCCCO2)(C(=O)O)CC1. The molecule has 0 spiro atoms. The molecule has 2 aliphatic rings. The Morgan fingerprint density at radius 3 is 2.55 bits per heavy atom. The highest BCUT2D eigenvalue weighted by Gasteiger charge is 2.42. The molecule has 0 aromatic heterocycles. The van der Waals surface area contributed by atoms with Gasteiger partial charge in [-0.1, -0.05) is 6.92 Å². The van der Waals surface area contributed by atoms with Crippen molar-refractivity contribution < 1.29 is 14.6 Å². The molecule has 2 fully saturated rings. The average Bonchev–Trinajstić information content (AvgIpc) is 2.42. The van der Waals surface area contributed by atoms with Crippen LogP contribution in [0.4, 0.5) is 0 Å². The van der Waals surface area contributed by atoms with Crippen LogP contribution in [0.1, 0.15) is 51.9 Å². The van der Waals surface area contributed by atoms with E-state index in [2.05, 4.69) is 11.8 Å². The Morgan fingerprint density at radius 2 is 2.00 bits per heavy atom. The van der Waals surface area contributed by atoms with Crippen LogP contribution in [0.5, 0.6) is 0 Å². The van der Waals surface area contributed by atoms with Crippen LogP contribution in [0, 0.1) is 11.3 Å². The minimum absolute atomic E-state index is 0.294. The van der Waals surface area contributed by atoms with Crippen LogP contribution >= 0.6 is 0 Å². The van der Waals surface area contributed by atoms with Crippen LogP contribution in [0.25, 0.3) is 0 Å². The van der Waals surface area contributed by atoms with Crippen LogP contribution in [0.3, 0.4) is 0 Å². The molecule has 1 N–H and O–H groups in total. The third-order valence-corrected chi connectivity index (χ3v) is 5.05. The number of carbonyl (C=O) groups is 1. The Kier molecular flexibility index (Phi) is 5.44. The highest BCUT2D eigenvalue weighted by molar-refractivity contribution is 5.75. The number of hydrogen-bond acceptors (Lipinski definition) is 3. The number of ether oxygens (including phenoxy) is 1. The highest BCUT2D eigenvalue weighted by Crippen LogP contribution is 2.39. The number of likely N-dealkylation sites (N-methyl/N-ethyl adjacent to an activating group) is 1. The maximum Gasteiger partial charge on any atom is 0.310 e. The first-order valence-corrected chi connectivity index (χ1v) is 8.05. The maximum atomic E-state index is 11.8. The van der Waals surface area contributed by atoms with E-state index in [1.807, 2.05) is 7.05 Å². The van der Waals surface area contributed by atoms with Gasteiger partial charge in [-0.3, -0.25) is 4.79 Å². The van der Waals surface area contributed by atoms with Gasteiger partial charge in [0, 0.05) is 19.7 Å². The summed E-state index contributed by atoms with van der Waals surface area (Å²) < 4.78 is 5.76. The van der Waals surface area contributed by atoms with E-state index in [9.17, 15) is 9.90 Å². The van der Waals surface area contributed by atoms with Gasteiger partial charge in [0.2, 0.25) is 0 Å². The zero-order valence-electron chi connectivity index (χ0n) is 12.9. The van der Waals surface area contributed by atoms with Crippen LogP contribution < -0.4 is 0 Å². The molecular formula is C16H29NO3. The lowest BCUT2D eigenvalue weighted by molar-refractivity contribution is -0.153. The summed E-state index contributed by atoms with van der Waals surface area (Å²) in [5.74, 6) is 0.0651. The lowest BCUT2D eigenvalue weighted by Crippen LogP contribution is -2.46. The van der Waals surface area contributed by atoms with Crippen molar-refractivity contribution in [2.45, 2.75) is 58.0 Å². The minimum atomic E-state index is -0.610. The molecule has 1 atom stereocenters. The largest absolute Gasteiger partial charge is 0.481 e. The number of rotatable bonds is 5. The van der Waals surface area contributed by atoms with Gasteiger partial charge in [0.05, 0.1) is 11.5 Å². The van der Waals surface area contributed by atoms with Gasteiger partial charge in [-0.25, -0.2) is 0 Å². The third kappa shape index (κ3) is 3.95. The smallest absolute Gasteiger partial charge is 0.310 e. The van der Waals surface area contributed by atoms with Gasteiger partial charge < -0.3 is 14.7 Å². The monoisotopic (exact) mass is 283 g/mol. The minimum Gasteiger partial charge on any atom is -0.481 e. The van der Waals surface area contributed by atoms with Crippen LogP contribution in [0.15, 0.2) is 0 Å². The van der Waals surface area contributed by atoms with Crippen molar-refractivity contribution in [1.82, 2.24) is 4.90 Å². The molecular weight excluding hydrogens is 254 g/mol. The van der Waals surface area contributed by atoms with Crippen LogP contribution in [0.2, 0.25) is 0 Å². The van der Waals surface area contributed by atoms with Gasteiger partial charge in [0.25, 0.3) is 0 Å². The highest BCUT2D eigenvalue weighted by atomic mass is 16.5.